The van der Waals surface area contributed by atoms with Crippen LogP contribution in [0, 0.1) is 0 Å². The molecular formula is C13H22N2O. The van der Waals surface area contributed by atoms with Gasteiger partial charge in [0.1, 0.15) is 0 Å². The molecule has 2 saturated heterocycles. The highest BCUT2D eigenvalue weighted by Crippen LogP contribution is 2.33. The van der Waals surface area contributed by atoms with Crippen LogP contribution in [-0.2, 0) is 4.74 Å². The standard InChI is InChI=1S/C13H22N2O/c1-14-11-3-2-4-12(14)10-13(9-11)15-5-7-16-8-6-15/h9,11-12H,2-8,10H2,1H3. The van der Waals surface area contributed by atoms with Crippen molar-refractivity contribution >= 4 is 0 Å². The lowest BCUT2D eigenvalue weighted by atomic mass is 9.87. The molecule has 3 heterocycles. The molecule has 0 aromatic rings. The summed E-state index contributed by atoms with van der Waals surface area (Å²) in [7, 11) is 2.29. The molecule has 16 heavy (non-hydrogen) atoms. The molecule has 0 aliphatic carbocycles. The highest BCUT2D eigenvalue weighted by molar-refractivity contribution is 5.15. The molecule has 2 atom stereocenters. The second-order valence-corrected chi connectivity index (χ2v) is 5.28. The molecule has 0 aromatic carbocycles. The second kappa shape index (κ2) is 4.38. The molecule has 3 aliphatic heterocycles. The van der Waals surface area contributed by atoms with Crippen LogP contribution in [0.15, 0.2) is 11.8 Å². The largest absolute Gasteiger partial charge is 0.378 e. The summed E-state index contributed by atoms with van der Waals surface area (Å²) in [6, 6.07) is 1.49. The summed E-state index contributed by atoms with van der Waals surface area (Å²) < 4.78 is 5.43. The van der Waals surface area contributed by atoms with Crippen molar-refractivity contribution in [2.24, 2.45) is 0 Å². The van der Waals surface area contributed by atoms with Gasteiger partial charge in [-0.25, -0.2) is 0 Å². The molecule has 90 valence electrons. The van der Waals surface area contributed by atoms with Crippen LogP contribution in [0.2, 0.25) is 0 Å². The number of morpholine rings is 1. The Morgan fingerprint density at radius 3 is 2.81 bits per heavy atom. The minimum atomic E-state index is 0.699. The van der Waals surface area contributed by atoms with Gasteiger partial charge in [0.25, 0.3) is 0 Å². The van der Waals surface area contributed by atoms with Crippen LogP contribution in [-0.4, -0.2) is 55.2 Å². The smallest absolute Gasteiger partial charge is 0.0642 e. The average Bonchev–Trinajstić information content (AvgIpc) is 2.30. The SMILES string of the molecule is CN1C2C=C(N3CCOCC3)CC1CCC2. The highest BCUT2D eigenvalue weighted by atomic mass is 16.5. The van der Waals surface area contributed by atoms with Gasteiger partial charge in [0.2, 0.25) is 0 Å². The first-order chi connectivity index (χ1) is 7.84. The van der Waals surface area contributed by atoms with Gasteiger partial charge in [0.15, 0.2) is 0 Å². The van der Waals surface area contributed by atoms with E-state index < -0.39 is 0 Å². The maximum atomic E-state index is 5.43. The fourth-order valence-electron chi connectivity index (χ4n) is 3.30. The molecule has 3 heteroatoms. The first-order valence-electron chi connectivity index (χ1n) is 6.60. The van der Waals surface area contributed by atoms with Crippen LogP contribution < -0.4 is 0 Å². The van der Waals surface area contributed by atoms with Gasteiger partial charge in [0.05, 0.1) is 13.2 Å². The molecule has 0 spiro atoms. The Morgan fingerprint density at radius 2 is 2.06 bits per heavy atom. The molecule has 3 rings (SSSR count). The molecule has 0 radical (unpaired) electrons. The van der Waals surface area contributed by atoms with Gasteiger partial charge in [0, 0.05) is 37.3 Å². The third-order valence-corrected chi connectivity index (χ3v) is 4.38. The Kier molecular flexibility index (Phi) is 2.90. The fourth-order valence-corrected chi connectivity index (χ4v) is 3.30. The van der Waals surface area contributed by atoms with E-state index in [1.807, 2.05) is 0 Å². The van der Waals surface area contributed by atoms with Gasteiger partial charge in [-0.05, 0) is 26.0 Å². The van der Waals surface area contributed by atoms with Crippen molar-refractivity contribution in [3.63, 3.8) is 0 Å². The summed E-state index contributed by atoms with van der Waals surface area (Å²) in [5.74, 6) is 0. The molecule has 2 unspecified atom stereocenters. The first-order valence-corrected chi connectivity index (χ1v) is 6.60. The van der Waals surface area contributed by atoms with Crippen LogP contribution >= 0.6 is 0 Å². The second-order valence-electron chi connectivity index (χ2n) is 5.28. The van der Waals surface area contributed by atoms with Crippen molar-refractivity contribution in [1.29, 1.82) is 0 Å². The molecule has 2 fully saturated rings. The molecule has 2 bridgehead atoms. The first kappa shape index (κ1) is 10.6. The van der Waals surface area contributed by atoms with E-state index in [0.717, 1.165) is 32.3 Å². The Hall–Kier alpha value is -0.540. The molecule has 0 N–H and O–H groups in total. The van der Waals surface area contributed by atoms with E-state index in [9.17, 15) is 0 Å². The predicted octanol–water partition coefficient (Wildman–Crippen LogP) is 1.46. The molecule has 3 nitrogen and oxygen atoms in total. The van der Waals surface area contributed by atoms with Crippen molar-refractivity contribution in [3.8, 4) is 0 Å². The number of hydrogen-bond donors (Lipinski definition) is 0. The van der Waals surface area contributed by atoms with Gasteiger partial charge in [-0.3, -0.25) is 4.90 Å². The number of piperidine rings is 1. The van der Waals surface area contributed by atoms with Crippen molar-refractivity contribution in [2.45, 2.75) is 37.8 Å². The summed E-state index contributed by atoms with van der Waals surface area (Å²) in [5, 5.41) is 0. The zero-order chi connectivity index (χ0) is 11.0. The Morgan fingerprint density at radius 1 is 1.25 bits per heavy atom. The Labute approximate surface area is 98.0 Å². The molecular weight excluding hydrogens is 200 g/mol. The van der Waals surface area contributed by atoms with E-state index in [4.69, 9.17) is 4.74 Å². The maximum Gasteiger partial charge on any atom is 0.0642 e. The van der Waals surface area contributed by atoms with Gasteiger partial charge in [-0.1, -0.05) is 6.42 Å². The van der Waals surface area contributed by atoms with Gasteiger partial charge >= 0.3 is 0 Å². The van der Waals surface area contributed by atoms with Gasteiger partial charge in [-0.2, -0.15) is 0 Å². The quantitative estimate of drug-likeness (QED) is 0.668. The summed E-state index contributed by atoms with van der Waals surface area (Å²) >= 11 is 0. The molecule has 0 saturated carbocycles. The van der Waals surface area contributed by atoms with Gasteiger partial charge < -0.3 is 9.64 Å². The lowest BCUT2D eigenvalue weighted by Crippen LogP contribution is -2.49. The molecule has 3 aliphatic rings. The third-order valence-electron chi connectivity index (χ3n) is 4.38. The van der Waals surface area contributed by atoms with E-state index >= 15 is 0 Å². The minimum absolute atomic E-state index is 0.699. The van der Waals surface area contributed by atoms with Crippen molar-refractivity contribution < 1.29 is 4.74 Å². The van der Waals surface area contributed by atoms with Gasteiger partial charge in [-0.15, -0.1) is 0 Å². The number of ether oxygens (including phenoxy) is 1. The zero-order valence-electron chi connectivity index (χ0n) is 10.2. The highest BCUT2D eigenvalue weighted by Gasteiger charge is 2.32. The topological polar surface area (TPSA) is 15.7 Å². The minimum Gasteiger partial charge on any atom is -0.378 e. The fraction of sp³-hybridized carbons (Fsp3) is 0.846. The lowest BCUT2D eigenvalue weighted by Gasteiger charge is -2.45. The van der Waals surface area contributed by atoms with Crippen LogP contribution in [0.1, 0.15) is 25.7 Å². The number of rotatable bonds is 1. The molecule has 0 amide bonds. The third kappa shape index (κ3) is 1.87. The van der Waals surface area contributed by atoms with E-state index in [-0.39, 0.29) is 0 Å². The van der Waals surface area contributed by atoms with Crippen molar-refractivity contribution in [2.75, 3.05) is 33.4 Å². The Balaban J connectivity index is 1.75. The zero-order valence-corrected chi connectivity index (χ0v) is 10.2. The van der Waals surface area contributed by atoms with Crippen LogP contribution in [0.3, 0.4) is 0 Å². The summed E-state index contributed by atoms with van der Waals surface area (Å²) in [6.45, 7) is 4.00. The summed E-state index contributed by atoms with van der Waals surface area (Å²) in [4.78, 5) is 5.12. The van der Waals surface area contributed by atoms with Crippen molar-refractivity contribution in [1.82, 2.24) is 9.80 Å². The van der Waals surface area contributed by atoms with Crippen LogP contribution in [0.5, 0.6) is 0 Å². The average molecular weight is 222 g/mol. The summed E-state index contributed by atoms with van der Waals surface area (Å²) in [5.41, 5.74) is 1.59. The van der Waals surface area contributed by atoms with E-state index in [2.05, 4.69) is 22.9 Å². The molecule has 0 aromatic heterocycles. The number of fused-ring (bicyclic) bond motifs is 2. The van der Waals surface area contributed by atoms with Crippen LogP contribution in [0.4, 0.5) is 0 Å². The van der Waals surface area contributed by atoms with Crippen molar-refractivity contribution in [3.05, 3.63) is 11.8 Å². The number of likely N-dealkylation sites (N-methyl/N-ethyl adjacent to an activating group) is 1. The lowest BCUT2D eigenvalue weighted by molar-refractivity contribution is 0.0417. The monoisotopic (exact) mass is 222 g/mol. The maximum absolute atomic E-state index is 5.43. The normalized spacial score (nSPS) is 36.1. The summed E-state index contributed by atoms with van der Waals surface area (Å²) in [6.07, 6.45) is 7.91. The van der Waals surface area contributed by atoms with E-state index in [0.29, 0.717) is 6.04 Å². The van der Waals surface area contributed by atoms with E-state index in [1.165, 1.54) is 25.7 Å². The Bertz CT molecular complexity index is 284. The predicted molar refractivity (Wildman–Crippen MR) is 64.3 cm³/mol. The van der Waals surface area contributed by atoms with E-state index in [1.54, 1.807) is 5.70 Å². The number of nitrogens with zero attached hydrogens (tertiary/aromatic N) is 2. The number of hydrogen-bond acceptors (Lipinski definition) is 3. The van der Waals surface area contributed by atoms with Crippen LogP contribution in [0.25, 0.3) is 0 Å².